The average molecular weight is 175 g/mol. The van der Waals surface area contributed by atoms with Crippen LogP contribution >= 0.6 is 0 Å². The minimum absolute atomic E-state index is 0.0632. The maximum absolute atomic E-state index is 11.4. The van der Waals surface area contributed by atoms with Gasteiger partial charge in [-0.3, -0.25) is 9.59 Å². The summed E-state index contributed by atoms with van der Waals surface area (Å²) in [7, 11) is 0. The van der Waals surface area contributed by atoms with Gasteiger partial charge in [0, 0.05) is 6.42 Å². The van der Waals surface area contributed by atoms with Gasteiger partial charge in [0.05, 0.1) is 0 Å². The Balaban J connectivity index is 2.40. The fraction of sp³-hybridized carbons (Fsp3) is 0.200. The number of nitrogens with one attached hydrogen (secondary N) is 1. The molecule has 0 saturated heterocycles. The second kappa shape index (κ2) is 3.01. The minimum atomic E-state index is -0.423. The lowest BCUT2D eigenvalue weighted by Gasteiger charge is -2.07. The Morgan fingerprint density at radius 3 is 2.92 bits per heavy atom. The molecule has 0 heterocycles. The number of Topliss-reactive ketones (excluding diaryl/α,β-unsaturated/α-hetero) is 1. The van der Waals surface area contributed by atoms with Crippen LogP contribution in [0.25, 0.3) is 0 Å². The Hall–Kier alpha value is -1.64. The molecule has 0 aliphatic heterocycles. The van der Waals surface area contributed by atoms with Crippen molar-refractivity contribution < 1.29 is 9.59 Å². The molecule has 1 aromatic carbocycles. The first kappa shape index (κ1) is 7.98. The van der Waals surface area contributed by atoms with Gasteiger partial charge in [-0.25, -0.2) is 0 Å². The van der Waals surface area contributed by atoms with E-state index < -0.39 is 6.04 Å². The summed E-state index contributed by atoms with van der Waals surface area (Å²) in [5.74, 6) is 0.0632. The molecule has 1 N–H and O–H groups in total. The Bertz CT molecular complexity index is 360. The van der Waals surface area contributed by atoms with Gasteiger partial charge in [-0.15, -0.1) is 0 Å². The van der Waals surface area contributed by atoms with E-state index in [0.29, 0.717) is 12.8 Å². The molecule has 0 bridgehead atoms. The molecule has 3 nitrogen and oxygen atoms in total. The number of ketones is 1. The number of hydrogen-bond acceptors (Lipinski definition) is 2. The summed E-state index contributed by atoms with van der Waals surface area (Å²) in [6.07, 6.45) is 1.01. The summed E-state index contributed by atoms with van der Waals surface area (Å²) in [4.78, 5) is 21.7. The molecule has 0 radical (unpaired) electrons. The van der Waals surface area contributed by atoms with E-state index in [0.717, 1.165) is 11.1 Å². The number of carbonyl (C=O) groups excluding carboxylic acids is 2. The third-order valence-corrected chi connectivity index (χ3v) is 2.29. The molecule has 2 rings (SSSR count). The standard InChI is InChI=1S/C10H9NO2/c12-6-11-10-8-4-2-1-3-7(8)5-9(10)13/h1-4,6,10H,5H2,(H,11,12). The van der Waals surface area contributed by atoms with Crippen LogP contribution in [0.5, 0.6) is 0 Å². The molecule has 1 aliphatic carbocycles. The third-order valence-electron chi connectivity index (χ3n) is 2.29. The fourth-order valence-corrected chi connectivity index (χ4v) is 1.69. The van der Waals surface area contributed by atoms with E-state index in [1.807, 2.05) is 24.3 Å². The minimum Gasteiger partial charge on any atom is -0.345 e. The smallest absolute Gasteiger partial charge is 0.207 e. The van der Waals surface area contributed by atoms with Crippen LogP contribution in [-0.2, 0) is 16.0 Å². The predicted molar refractivity (Wildman–Crippen MR) is 47.1 cm³/mol. The number of rotatable bonds is 2. The maximum Gasteiger partial charge on any atom is 0.207 e. The van der Waals surface area contributed by atoms with Crippen molar-refractivity contribution in [2.24, 2.45) is 0 Å². The highest BCUT2D eigenvalue weighted by Crippen LogP contribution is 2.27. The van der Waals surface area contributed by atoms with Gasteiger partial charge in [0.25, 0.3) is 0 Å². The van der Waals surface area contributed by atoms with Crippen LogP contribution in [0, 0.1) is 0 Å². The highest BCUT2D eigenvalue weighted by Gasteiger charge is 2.29. The maximum atomic E-state index is 11.4. The van der Waals surface area contributed by atoms with Gasteiger partial charge >= 0.3 is 0 Å². The number of benzene rings is 1. The first-order valence-corrected chi connectivity index (χ1v) is 4.13. The van der Waals surface area contributed by atoms with Gasteiger partial charge in [0.15, 0.2) is 5.78 Å². The monoisotopic (exact) mass is 175 g/mol. The molecular weight excluding hydrogens is 166 g/mol. The van der Waals surface area contributed by atoms with Crippen molar-refractivity contribution in [3.63, 3.8) is 0 Å². The molecule has 1 amide bonds. The summed E-state index contributed by atoms with van der Waals surface area (Å²) in [6.45, 7) is 0. The van der Waals surface area contributed by atoms with Crippen LogP contribution < -0.4 is 5.32 Å². The molecule has 0 saturated carbocycles. The van der Waals surface area contributed by atoms with E-state index in [1.165, 1.54) is 0 Å². The molecule has 1 unspecified atom stereocenters. The summed E-state index contributed by atoms with van der Waals surface area (Å²) in [6, 6.07) is 7.14. The molecule has 13 heavy (non-hydrogen) atoms. The Labute approximate surface area is 75.8 Å². The number of carbonyl (C=O) groups is 2. The summed E-state index contributed by atoms with van der Waals surface area (Å²) >= 11 is 0. The first-order chi connectivity index (χ1) is 6.33. The van der Waals surface area contributed by atoms with Gasteiger partial charge in [-0.2, -0.15) is 0 Å². The highest BCUT2D eigenvalue weighted by atomic mass is 16.1. The van der Waals surface area contributed by atoms with Crippen LogP contribution in [0.1, 0.15) is 17.2 Å². The molecule has 0 spiro atoms. The zero-order valence-electron chi connectivity index (χ0n) is 6.99. The largest absolute Gasteiger partial charge is 0.345 e. The molecule has 0 aromatic heterocycles. The fourth-order valence-electron chi connectivity index (χ4n) is 1.69. The van der Waals surface area contributed by atoms with E-state index in [-0.39, 0.29) is 5.78 Å². The van der Waals surface area contributed by atoms with Crippen molar-refractivity contribution in [2.75, 3.05) is 0 Å². The lowest BCUT2D eigenvalue weighted by Crippen LogP contribution is -2.23. The lowest BCUT2D eigenvalue weighted by molar-refractivity contribution is -0.122. The van der Waals surface area contributed by atoms with Crippen LogP contribution in [0.2, 0.25) is 0 Å². The van der Waals surface area contributed by atoms with Crippen molar-refractivity contribution in [2.45, 2.75) is 12.5 Å². The molecule has 66 valence electrons. The van der Waals surface area contributed by atoms with Gasteiger partial charge in [0.2, 0.25) is 6.41 Å². The molecule has 3 heteroatoms. The zero-order chi connectivity index (χ0) is 9.26. The topological polar surface area (TPSA) is 46.2 Å². The van der Waals surface area contributed by atoms with Gasteiger partial charge in [0.1, 0.15) is 6.04 Å². The van der Waals surface area contributed by atoms with E-state index in [2.05, 4.69) is 5.32 Å². The van der Waals surface area contributed by atoms with Crippen molar-refractivity contribution in [1.82, 2.24) is 5.32 Å². The van der Waals surface area contributed by atoms with Crippen molar-refractivity contribution in [1.29, 1.82) is 0 Å². The van der Waals surface area contributed by atoms with Gasteiger partial charge < -0.3 is 5.32 Å². The van der Waals surface area contributed by atoms with Crippen molar-refractivity contribution in [3.05, 3.63) is 35.4 Å². The van der Waals surface area contributed by atoms with Crippen molar-refractivity contribution in [3.8, 4) is 0 Å². The first-order valence-electron chi connectivity index (χ1n) is 4.13. The predicted octanol–water partition coefficient (Wildman–Crippen LogP) is 0.599. The quantitative estimate of drug-likeness (QED) is 0.669. The SMILES string of the molecule is O=CNC1C(=O)Cc2ccccc21. The normalized spacial score (nSPS) is 19.7. The van der Waals surface area contributed by atoms with Gasteiger partial charge in [-0.05, 0) is 11.1 Å². The Kier molecular flexibility index (Phi) is 1.85. The summed E-state index contributed by atoms with van der Waals surface area (Å²) in [5, 5.41) is 2.52. The number of amides is 1. The lowest BCUT2D eigenvalue weighted by atomic mass is 10.1. The molecule has 1 atom stereocenters. The molecule has 0 fully saturated rings. The average Bonchev–Trinajstić information content (AvgIpc) is 2.44. The molecule has 1 aliphatic rings. The highest BCUT2D eigenvalue weighted by molar-refractivity contribution is 5.93. The van der Waals surface area contributed by atoms with Crippen LogP contribution in [0.3, 0.4) is 0 Å². The van der Waals surface area contributed by atoms with E-state index in [9.17, 15) is 9.59 Å². The van der Waals surface area contributed by atoms with Gasteiger partial charge in [-0.1, -0.05) is 24.3 Å². The summed E-state index contributed by atoms with van der Waals surface area (Å²) < 4.78 is 0. The van der Waals surface area contributed by atoms with Crippen LogP contribution in [0.15, 0.2) is 24.3 Å². The zero-order valence-corrected chi connectivity index (χ0v) is 6.99. The Morgan fingerprint density at radius 2 is 2.15 bits per heavy atom. The number of hydrogen-bond donors (Lipinski definition) is 1. The number of fused-ring (bicyclic) bond motifs is 1. The van der Waals surface area contributed by atoms with E-state index in [1.54, 1.807) is 0 Å². The van der Waals surface area contributed by atoms with E-state index >= 15 is 0 Å². The second-order valence-electron chi connectivity index (χ2n) is 3.06. The second-order valence-corrected chi connectivity index (χ2v) is 3.06. The molecule has 1 aromatic rings. The summed E-state index contributed by atoms with van der Waals surface area (Å²) in [5.41, 5.74) is 1.95. The van der Waals surface area contributed by atoms with Crippen molar-refractivity contribution >= 4 is 12.2 Å². The van der Waals surface area contributed by atoms with E-state index in [4.69, 9.17) is 0 Å². The van der Waals surface area contributed by atoms with Crippen LogP contribution in [-0.4, -0.2) is 12.2 Å². The molecular formula is C10H9NO2. The Morgan fingerprint density at radius 1 is 1.38 bits per heavy atom. The van der Waals surface area contributed by atoms with Crippen LogP contribution in [0.4, 0.5) is 0 Å². The third kappa shape index (κ3) is 1.22.